The van der Waals surface area contributed by atoms with Gasteiger partial charge in [0.2, 0.25) is 0 Å². The first-order chi connectivity index (χ1) is 17.0. The fourth-order valence-corrected chi connectivity index (χ4v) is 9.99. The Morgan fingerprint density at radius 2 is 1.53 bits per heavy atom. The molecule has 4 N–H and O–H groups in total. The van der Waals surface area contributed by atoms with Crippen molar-refractivity contribution in [1.29, 1.82) is 0 Å². The van der Waals surface area contributed by atoms with Gasteiger partial charge in [-0.1, -0.05) is 48.5 Å². The molecule has 4 aliphatic rings. The number of hydrogen-bond acceptors (Lipinski definition) is 4. The van der Waals surface area contributed by atoms with Crippen LogP contribution < -0.4 is 10.6 Å². The highest BCUT2D eigenvalue weighted by molar-refractivity contribution is 5.12. The van der Waals surface area contributed by atoms with Gasteiger partial charge in [-0.2, -0.15) is 0 Å². The van der Waals surface area contributed by atoms with Gasteiger partial charge in [-0.3, -0.25) is 0 Å². The number of aliphatic hydroxyl groups excluding tert-OH is 2. The van der Waals surface area contributed by atoms with Crippen molar-refractivity contribution in [2.45, 2.75) is 137 Å². The Hall–Kier alpha value is -0.160. The van der Waals surface area contributed by atoms with Gasteiger partial charge in [-0.25, -0.2) is 0 Å². The minimum Gasteiger partial charge on any atom is -0.393 e. The lowest BCUT2D eigenvalue weighted by Gasteiger charge is -2.62. The van der Waals surface area contributed by atoms with Crippen molar-refractivity contribution in [1.82, 2.24) is 10.6 Å². The number of rotatable bonds is 10. The Labute approximate surface area is 223 Å². The van der Waals surface area contributed by atoms with Gasteiger partial charge in [0.15, 0.2) is 0 Å². The van der Waals surface area contributed by atoms with Crippen LogP contribution in [0.4, 0.5) is 0 Å². The predicted molar refractivity (Wildman–Crippen MR) is 151 cm³/mol. The van der Waals surface area contributed by atoms with Gasteiger partial charge in [-0.05, 0) is 116 Å². The highest BCUT2D eigenvalue weighted by Gasteiger charge is 2.62. The van der Waals surface area contributed by atoms with Crippen molar-refractivity contribution in [3.63, 3.8) is 0 Å². The highest BCUT2D eigenvalue weighted by atomic mass is 16.3. The molecule has 4 nitrogen and oxygen atoms in total. The molecule has 0 spiro atoms. The third-order valence-electron chi connectivity index (χ3n) is 12.2. The molecule has 4 fully saturated rings. The van der Waals surface area contributed by atoms with E-state index in [9.17, 15) is 10.2 Å². The van der Waals surface area contributed by atoms with Crippen molar-refractivity contribution < 1.29 is 10.2 Å². The molecule has 0 saturated heterocycles. The van der Waals surface area contributed by atoms with Gasteiger partial charge in [0.25, 0.3) is 0 Å². The summed E-state index contributed by atoms with van der Waals surface area (Å²) in [4.78, 5) is 0. The number of nitrogens with one attached hydrogen (secondary N) is 2. The molecular weight excluding hydrogens is 444 g/mol. The fourth-order valence-electron chi connectivity index (χ4n) is 9.99. The molecule has 0 aromatic carbocycles. The molecule has 36 heavy (non-hydrogen) atoms. The first-order valence-electron chi connectivity index (χ1n) is 15.8. The van der Waals surface area contributed by atoms with Crippen LogP contribution in [0.1, 0.15) is 113 Å². The Bertz CT molecular complexity index is 712. The maximum Gasteiger partial charge on any atom is 0.0577 e. The Morgan fingerprint density at radius 1 is 0.833 bits per heavy atom. The zero-order valence-corrected chi connectivity index (χ0v) is 24.7. The molecule has 0 aromatic rings. The first kappa shape index (κ1) is 28.8. The second-order valence-corrected chi connectivity index (χ2v) is 14.9. The zero-order valence-electron chi connectivity index (χ0n) is 24.7. The van der Waals surface area contributed by atoms with Crippen molar-refractivity contribution >= 4 is 0 Å². The summed E-state index contributed by atoms with van der Waals surface area (Å²) < 4.78 is 0. The first-order valence-corrected chi connectivity index (χ1v) is 15.8. The van der Waals surface area contributed by atoms with E-state index in [-0.39, 0.29) is 12.2 Å². The van der Waals surface area contributed by atoms with E-state index in [4.69, 9.17) is 0 Å². The van der Waals surface area contributed by atoms with Crippen molar-refractivity contribution in [2.75, 3.05) is 13.1 Å². The van der Waals surface area contributed by atoms with Crippen LogP contribution in [-0.4, -0.2) is 47.6 Å². The van der Waals surface area contributed by atoms with Crippen LogP contribution in [0.25, 0.3) is 0 Å². The lowest BCUT2D eigenvalue weighted by atomic mass is 9.43. The minimum absolute atomic E-state index is 0.115. The fraction of sp³-hybridized carbons (Fsp3) is 1.00. The largest absolute Gasteiger partial charge is 0.393 e. The van der Waals surface area contributed by atoms with E-state index in [1.54, 1.807) is 0 Å². The summed E-state index contributed by atoms with van der Waals surface area (Å²) in [5.41, 5.74) is 0.778. The number of fused-ring (bicyclic) bond motifs is 5. The van der Waals surface area contributed by atoms with E-state index in [1.165, 1.54) is 44.9 Å². The molecule has 11 atom stereocenters. The number of hydrogen-bond donors (Lipinski definition) is 4. The lowest BCUT2D eigenvalue weighted by Crippen LogP contribution is -2.59. The molecule has 210 valence electrons. The maximum absolute atomic E-state index is 11.7. The average Bonchev–Trinajstić information content (AvgIpc) is 3.17. The van der Waals surface area contributed by atoms with Crippen molar-refractivity contribution in [2.24, 2.45) is 52.3 Å². The van der Waals surface area contributed by atoms with Gasteiger partial charge in [-0.15, -0.1) is 0 Å². The second-order valence-electron chi connectivity index (χ2n) is 14.9. The van der Waals surface area contributed by atoms with Gasteiger partial charge >= 0.3 is 0 Å². The molecule has 0 radical (unpaired) electrons. The molecule has 4 saturated carbocycles. The van der Waals surface area contributed by atoms with Crippen molar-refractivity contribution in [3.8, 4) is 0 Å². The Morgan fingerprint density at radius 3 is 2.22 bits per heavy atom. The van der Waals surface area contributed by atoms with Crippen LogP contribution in [0.15, 0.2) is 0 Å². The molecule has 4 unspecified atom stereocenters. The summed E-state index contributed by atoms with van der Waals surface area (Å²) in [5, 5.41) is 29.5. The summed E-state index contributed by atoms with van der Waals surface area (Å²) in [6, 6.07) is 1.17. The second kappa shape index (κ2) is 11.5. The van der Waals surface area contributed by atoms with Gasteiger partial charge in [0.1, 0.15) is 0 Å². The molecule has 0 bridgehead atoms. The van der Waals surface area contributed by atoms with Gasteiger partial charge in [0, 0.05) is 25.2 Å². The number of aliphatic hydroxyl groups is 2. The van der Waals surface area contributed by atoms with Gasteiger partial charge in [0.05, 0.1) is 12.2 Å². The smallest absolute Gasteiger partial charge is 0.0577 e. The van der Waals surface area contributed by atoms with E-state index < -0.39 is 0 Å². The van der Waals surface area contributed by atoms with Crippen LogP contribution >= 0.6 is 0 Å². The van der Waals surface area contributed by atoms with E-state index in [1.807, 2.05) is 0 Å². The standard InChI is InChI=1S/C32H60N2O2/c1-20(2)28(35)11-8-22(5)25-9-10-26-30-27(13-15-32(25,26)7)31(6)14-12-24(18-23(31)19-29(30)36)34-17-16-33-21(3)4/h20-30,33-36H,8-19H2,1-7H3/t22-,23-,24+,25-,26?,27?,28-,29?,30?,31+,32-/m1/s1. The molecule has 0 aromatic heterocycles. The third kappa shape index (κ3) is 5.58. The molecule has 4 rings (SSSR count). The van der Waals surface area contributed by atoms with Crippen LogP contribution in [0.3, 0.4) is 0 Å². The van der Waals surface area contributed by atoms with Gasteiger partial charge < -0.3 is 20.8 Å². The van der Waals surface area contributed by atoms with E-state index in [2.05, 4.69) is 59.1 Å². The summed E-state index contributed by atoms with van der Waals surface area (Å²) in [7, 11) is 0. The molecule has 4 aliphatic carbocycles. The summed E-state index contributed by atoms with van der Waals surface area (Å²) in [5.74, 6) is 4.32. The molecule has 4 heteroatoms. The topological polar surface area (TPSA) is 64.5 Å². The quantitative estimate of drug-likeness (QED) is 0.275. The summed E-state index contributed by atoms with van der Waals surface area (Å²) in [6.45, 7) is 18.4. The van der Waals surface area contributed by atoms with Crippen LogP contribution in [-0.2, 0) is 0 Å². The maximum atomic E-state index is 11.7. The molecule has 0 amide bonds. The average molecular weight is 505 g/mol. The summed E-state index contributed by atoms with van der Waals surface area (Å²) in [6.07, 6.45) is 12.0. The predicted octanol–water partition coefficient (Wildman–Crippen LogP) is 6.01. The van der Waals surface area contributed by atoms with Crippen LogP contribution in [0, 0.1) is 52.3 Å². The van der Waals surface area contributed by atoms with E-state index >= 15 is 0 Å². The van der Waals surface area contributed by atoms with E-state index in [0.717, 1.165) is 38.3 Å². The zero-order chi connectivity index (χ0) is 26.3. The minimum atomic E-state index is -0.165. The van der Waals surface area contributed by atoms with Crippen molar-refractivity contribution in [3.05, 3.63) is 0 Å². The Balaban J connectivity index is 1.39. The van der Waals surface area contributed by atoms with Crippen LogP contribution in [0.5, 0.6) is 0 Å². The molecule has 0 heterocycles. The monoisotopic (exact) mass is 504 g/mol. The van der Waals surface area contributed by atoms with Crippen LogP contribution in [0.2, 0.25) is 0 Å². The molecular formula is C32H60N2O2. The Kier molecular flexibility index (Phi) is 9.23. The SMILES string of the molecule is CC(C)NCCN[C@H]1CC[C@]2(C)C3CC[C@@]4(C)C(CC[C@@H]4[C@H](C)CC[C@@H](O)C(C)C)C3C(O)C[C@H]2C1. The lowest BCUT2D eigenvalue weighted by molar-refractivity contribution is -0.167. The molecule has 0 aliphatic heterocycles. The normalized spacial score (nSPS) is 44.2. The summed E-state index contributed by atoms with van der Waals surface area (Å²) >= 11 is 0. The highest BCUT2D eigenvalue weighted by Crippen LogP contribution is 2.68. The van der Waals surface area contributed by atoms with E-state index in [0.29, 0.717) is 58.4 Å². The third-order valence-corrected chi connectivity index (χ3v) is 12.2.